The van der Waals surface area contributed by atoms with Crippen LogP contribution in [0.1, 0.15) is 40.0 Å². The van der Waals surface area contributed by atoms with E-state index in [9.17, 15) is 24.0 Å². The molecule has 0 aromatic heterocycles. The molecule has 0 saturated heterocycles. The van der Waals surface area contributed by atoms with Crippen molar-refractivity contribution in [2.24, 2.45) is 28.1 Å². The Morgan fingerprint density at radius 1 is 0.906 bits per heavy atom. The van der Waals surface area contributed by atoms with E-state index in [1.165, 1.54) is 6.92 Å². The molecule has 0 saturated carbocycles. The first kappa shape index (κ1) is 28.6. The van der Waals surface area contributed by atoms with Gasteiger partial charge in [-0.2, -0.15) is 0 Å². The summed E-state index contributed by atoms with van der Waals surface area (Å²) < 4.78 is 0. The van der Waals surface area contributed by atoms with Crippen LogP contribution in [-0.2, 0) is 24.0 Å². The molecule has 14 heteroatoms. The van der Waals surface area contributed by atoms with E-state index >= 15 is 0 Å². The smallest absolute Gasteiger partial charge is 0.325 e. The Morgan fingerprint density at radius 3 is 1.97 bits per heavy atom. The Morgan fingerprint density at radius 2 is 1.50 bits per heavy atom. The minimum atomic E-state index is -1.36. The number of nitrogens with one attached hydrogen (secondary N) is 3. The van der Waals surface area contributed by atoms with Crippen LogP contribution in [0.2, 0.25) is 0 Å². The van der Waals surface area contributed by atoms with Gasteiger partial charge in [-0.15, -0.1) is 0 Å². The highest BCUT2D eigenvalue weighted by molar-refractivity contribution is 5.94. The van der Waals surface area contributed by atoms with E-state index in [0.29, 0.717) is 6.42 Å². The van der Waals surface area contributed by atoms with Crippen molar-refractivity contribution in [2.75, 3.05) is 6.54 Å². The fourth-order valence-electron chi connectivity index (χ4n) is 2.49. The van der Waals surface area contributed by atoms with Crippen molar-refractivity contribution in [1.82, 2.24) is 16.0 Å². The summed E-state index contributed by atoms with van der Waals surface area (Å²) in [6.07, 6.45) is -0.251. The number of amides is 3. The molecular formula is C18H33N7O7. The summed E-state index contributed by atoms with van der Waals surface area (Å²) >= 11 is 0. The predicted octanol–water partition coefficient (Wildman–Crippen LogP) is -2.94. The Bertz CT molecular complexity index is 722. The number of nitrogens with zero attached hydrogens (tertiary/aromatic N) is 1. The fourth-order valence-corrected chi connectivity index (χ4v) is 2.49. The summed E-state index contributed by atoms with van der Waals surface area (Å²) in [5, 5.41) is 24.9. The lowest BCUT2D eigenvalue weighted by atomic mass is 10.0. The number of aliphatic imine (C=N–C) groups is 1. The van der Waals surface area contributed by atoms with Crippen LogP contribution in [0.25, 0.3) is 0 Å². The van der Waals surface area contributed by atoms with Crippen LogP contribution in [0.5, 0.6) is 0 Å². The zero-order chi connectivity index (χ0) is 25.0. The molecule has 182 valence electrons. The number of aliphatic carboxylic acids is 2. The molecule has 11 N–H and O–H groups in total. The van der Waals surface area contributed by atoms with Gasteiger partial charge in [0.15, 0.2) is 5.96 Å². The van der Waals surface area contributed by atoms with Gasteiger partial charge in [0, 0.05) is 6.54 Å². The lowest BCUT2D eigenvalue weighted by Crippen LogP contribution is -2.58. The summed E-state index contributed by atoms with van der Waals surface area (Å²) in [7, 11) is 0. The number of guanidine groups is 1. The maximum atomic E-state index is 12.8. The standard InChI is InChI=1S/C18H33N7O7/c1-8(2)13(25-14(28)10(19)7-12(26)27)16(30)24-11(5-4-6-22-18(20)21)15(29)23-9(3)17(31)32/h8-11,13H,4-7,19H2,1-3H3,(H,23,29)(H,24,30)(H,25,28)(H,26,27)(H,31,32)(H4,20,21,22). The highest BCUT2D eigenvalue weighted by Gasteiger charge is 2.31. The normalized spacial score (nSPS) is 14.4. The molecule has 0 rings (SSSR count). The topological polar surface area (TPSA) is 252 Å². The summed E-state index contributed by atoms with van der Waals surface area (Å²) in [5.74, 6) is -5.41. The second kappa shape index (κ2) is 13.8. The Balaban J connectivity index is 5.37. The van der Waals surface area contributed by atoms with Crippen molar-refractivity contribution >= 4 is 35.6 Å². The molecule has 0 aliphatic carbocycles. The minimum absolute atomic E-state index is 0.0813. The molecule has 3 amide bonds. The van der Waals surface area contributed by atoms with E-state index < -0.39 is 66.2 Å². The van der Waals surface area contributed by atoms with Crippen molar-refractivity contribution in [2.45, 2.75) is 64.2 Å². The summed E-state index contributed by atoms with van der Waals surface area (Å²) in [6, 6.07) is -4.82. The maximum Gasteiger partial charge on any atom is 0.325 e. The molecule has 4 atom stereocenters. The maximum absolute atomic E-state index is 12.8. The van der Waals surface area contributed by atoms with Crippen molar-refractivity contribution in [3.05, 3.63) is 0 Å². The second-order valence-electron chi connectivity index (χ2n) is 7.51. The van der Waals surface area contributed by atoms with Crippen molar-refractivity contribution in [3.63, 3.8) is 0 Å². The Kier molecular flexibility index (Phi) is 12.3. The van der Waals surface area contributed by atoms with Crippen LogP contribution in [0.15, 0.2) is 4.99 Å². The third-order valence-corrected chi connectivity index (χ3v) is 4.29. The molecule has 0 radical (unpaired) electrons. The van der Waals surface area contributed by atoms with Crippen LogP contribution in [0, 0.1) is 5.92 Å². The van der Waals surface area contributed by atoms with E-state index in [2.05, 4.69) is 20.9 Å². The minimum Gasteiger partial charge on any atom is -0.481 e. The van der Waals surface area contributed by atoms with Crippen molar-refractivity contribution in [1.29, 1.82) is 0 Å². The van der Waals surface area contributed by atoms with Crippen LogP contribution < -0.4 is 33.2 Å². The van der Waals surface area contributed by atoms with E-state index in [1.54, 1.807) is 13.8 Å². The third kappa shape index (κ3) is 11.1. The molecule has 0 aliphatic rings. The average Bonchev–Trinajstić information content (AvgIpc) is 2.66. The van der Waals surface area contributed by atoms with E-state index in [-0.39, 0.29) is 18.9 Å². The predicted molar refractivity (Wildman–Crippen MR) is 114 cm³/mol. The van der Waals surface area contributed by atoms with Gasteiger partial charge >= 0.3 is 11.9 Å². The van der Waals surface area contributed by atoms with Gasteiger partial charge in [-0.1, -0.05) is 13.8 Å². The van der Waals surface area contributed by atoms with Crippen LogP contribution >= 0.6 is 0 Å². The zero-order valence-electron chi connectivity index (χ0n) is 18.3. The highest BCUT2D eigenvalue weighted by Crippen LogP contribution is 2.06. The van der Waals surface area contributed by atoms with Gasteiger partial charge in [0.2, 0.25) is 17.7 Å². The van der Waals surface area contributed by atoms with Crippen LogP contribution in [0.3, 0.4) is 0 Å². The average molecular weight is 460 g/mol. The quantitative estimate of drug-likeness (QED) is 0.0744. The molecule has 4 unspecified atom stereocenters. The van der Waals surface area contributed by atoms with Gasteiger partial charge in [0.05, 0.1) is 12.5 Å². The first-order valence-electron chi connectivity index (χ1n) is 9.92. The summed E-state index contributed by atoms with van der Waals surface area (Å²) in [5.41, 5.74) is 16.0. The summed E-state index contributed by atoms with van der Waals surface area (Å²) in [6.45, 7) is 4.70. The van der Waals surface area contributed by atoms with Crippen molar-refractivity contribution < 1.29 is 34.2 Å². The largest absolute Gasteiger partial charge is 0.481 e. The number of hydrogen-bond acceptors (Lipinski definition) is 7. The Hall–Kier alpha value is -3.42. The SMILES string of the molecule is CC(NC(=O)C(CCCN=C(N)N)NC(=O)C(NC(=O)C(N)CC(=O)O)C(C)C)C(=O)O. The lowest BCUT2D eigenvalue weighted by Gasteiger charge is -2.26. The van der Waals surface area contributed by atoms with E-state index in [0.717, 1.165) is 0 Å². The number of carboxylic acid groups (broad SMARTS) is 2. The molecular weight excluding hydrogens is 426 g/mol. The molecule has 32 heavy (non-hydrogen) atoms. The molecule has 0 aromatic rings. The van der Waals surface area contributed by atoms with E-state index in [1.807, 2.05) is 0 Å². The molecule has 14 nitrogen and oxygen atoms in total. The number of nitrogens with two attached hydrogens (primary N) is 3. The van der Waals surface area contributed by atoms with E-state index in [4.69, 9.17) is 27.4 Å². The zero-order valence-corrected chi connectivity index (χ0v) is 18.3. The summed E-state index contributed by atoms with van der Waals surface area (Å²) in [4.78, 5) is 63.0. The van der Waals surface area contributed by atoms with Crippen molar-refractivity contribution in [3.8, 4) is 0 Å². The molecule has 0 aliphatic heterocycles. The number of hydrogen-bond donors (Lipinski definition) is 8. The number of rotatable bonds is 14. The highest BCUT2D eigenvalue weighted by atomic mass is 16.4. The molecule has 0 spiro atoms. The number of carbonyl (C=O) groups excluding carboxylic acids is 3. The monoisotopic (exact) mass is 459 g/mol. The van der Waals surface area contributed by atoms with Gasteiger partial charge in [0.25, 0.3) is 0 Å². The molecule has 0 bridgehead atoms. The van der Waals surface area contributed by atoms with Gasteiger partial charge < -0.3 is 43.4 Å². The van der Waals surface area contributed by atoms with Gasteiger partial charge in [-0.05, 0) is 25.7 Å². The third-order valence-electron chi connectivity index (χ3n) is 4.29. The first-order chi connectivity index (χ1) is 14.8. The first-order valence-corrected chi connectivity index (χ1v) is 9.92. The molecule has 0 fully saturated rings. The Labute approximate surface area is 185 Å². The lowest BCUT2D eigenvalue weighted by molar-refractivity contribution is -0.141. The number of carboxylic acids is 2. The van der Waals surface area contributed by atoms with Gasteiger partial charge in [-0.25, -0.2) is 0 Å². The second-order valence-corrected chi connectivity index (χ2v) is 7.51. The number of carbonyl (C=O) groups is 5. The van der Waals surface area contributed by atoms with Gasteiger partial charge in [-0.3, -0.25) is 29.0 Å². The van der Waals surface area contributed by atoms with Crippen LogP contribution in [-0.4, -0.2) is 76.5 Å². The fraction of sp³-hybridized carbons (Fsp3) is 0.667. The van der Waals surface area contributed by atoms with Crippen LogP contribution in [0.4, 0.5) is 0 Å². The molecule has 0 aromatic carbocycles. The molecule has 0 heterocycles. The van der Waals surface area contributed by atoms with Gasteiger partial charge in [0.1, 0.15) is 18.1 Å².